The number of hydrogen-bond donors (Lipinski definition) is 0. The number of aromatic nitrogens is 1. The molecule has 2 aliphatic rings. The Labute approximate surface area is 149 Å². The van der Waals surface area contributed by atoms with Crippen molar-refractivity contribution in [3.8, 4) is 0 Å². The van der Waals surface area contributed by atoms with Crippen molar-refractivity contribution in [2.24, 2.45) is 0 Å². The van der Waals surface area contributed by atoms with E-state index in [0.29, 0.717) is 11.6 Å². The van der Waals surface area contributed by atoms with Gasteiger partial charge < -0.3 is 9.80 Å². The molecule has 0 saturated carbocycles. The lowest BCUT2D eigenvalue weighted by molar-refractivity contribution is 0.0673. The number of benzene rings is 1. The van der Waals surface area contributed by atoms with Gasteiger partial charge in [-0.15, -0.1) is 0 Å². The van der Waals surface area contributed by atoms with Gasteiger partial charge in [-0.05, 0) is 50.5 Å². The lowest BCUT2D eigenvalue weighted by Gasteiger charge is -2.40. The first kappa shape index (κ1) is 16.1. The minimum absolute atomic E-state index is 0.106. The summed E-state index contributed by atoms with van der Waals surface area (Å²) in [6.45, 7) is 7.22. The van der Waals surface area contributed by atoms with Crippen molar-refractivity contribution in [2.75, 3.05) is 24.5 Å². The van der Waals surface area contributed by atoms with Crippen LogP contribution in [0.3, 0.4) is 0 Å². The van der Waals surface area contributed by atoms with Crippen molar-refractivity contribution < 1.29 is 4.79 Å². The van der Waals surface area contributed by atoms with E-state index >= 15 is 0 Å². The second-order valence-corrected chi connectivity index (χ2v) is 7.55. The number of piperidine rings is 1. The van der Waals surface area contributed by atoms with Crippen LogP contribution in [-0.4, -0.2) is 41.5 Å². The van der Waals surface area contributed by atoms with Crippen molar-refractivity contribution in [3.05, 3.63) is 59.9 Å². The third kappa shape index (κ3) is 2.70. The highest BCUT2D eigenvalue weighted by molar-refractivity contribution is 5.94. The minimum Gasteiger partial charge on any atom is -0.368 e. The van der Waals surface area contributed by atoms with Crippen molar-refractivity contribution >= 4 is 11.6 Å². The predicted octanol–water partition coefficient (Wildman–Crippen LogP) is 3.48. The molecule has 3 heterocycles. The monoisotopic (exact) mass is 335 g/mol. The average Bonchev–Trinajstić information content (AvgIpc) is 2.97. The van der Waals surface area contributed by atoms with Crippen LogP contribution in [0.5, 0.6) is 0 Å². The van der Waals surface area contributed by atoms with Crippen molar-refractivity contribution in [1.29, 1.82) is 0 Å². The van der Waals surface area contributed by atoms with Crippen LogP contribution in [0.4, 0.5) is 5.69 Å². The number of anilines is 1. The quantitative estimate of drug-likeness (QED) is 0.843. The Hall–Kier alpha value is -2.36. The highest BCUT2D eigenvalue weighted by atomic mass is 16.2. The van der Waals surface area contributed by atoms with Gasteiger partial charge in [-0.3, -0.25) is 9.78 Å². The zero-order chi connectivity index (χ0) is 17.4. The van der Waals surface area contributed by atoms with Gasteiger partial charge in [-0.2, -0.15) is 0 Å². The molecule has 130 valence electrons. The van der Waals surface area contributed by atoms with Crippen molar-refractivity contribution in [3.63, 3.8) is 0 Å². The van der Waals surface area contributed by atoms with Crippen LogP contribution < -0.4 is 4.90 Å². The maximum Gasteiger partial charge on any atom is 0.255 e. The Balaban J connectivity index is 1.55. The summed E-state index contributed by atoms with van der Waals surface area (Å²) in [5, 5.41) is 0. The number of carbonyl (C=O) groups is 1. The predicted molar refractivity (Wildman–Crippen MR) is 100.0 cm³/mol. The second kappa shape index (κ2) is 6.17. The number of rotatable bonds is 2. The van der Waals surface area contributed by atoms with E-state index in [9.17, 15) is 4.79 Å². The van der Waals surface area contributed by atoms with E-state index in [1.54, 1.807) is 12.4 Å². The van der Waals surface area contributed by atoms with Crippen LogP contribution in [0.15, 0.2) is 48.8 Å². The maximum absolute atomic E-state index is 12.7. The van der Waals surface area contributed by atoms with Gasteiger partial charge in [0, 0.05) is 49.2 Å². The molecule has 0 unspecified atom stereocenters. The largest absolute Gasteiger partial charge is 0.368 e. The third-order valence-corrected chi connectivity index (χ3v) is 5.80. The number of amides is 1. The van der Waals surface area contributed by atoms with E-state index in [1.165, 1.54) is 11.3 Å². The second-order valence-electron chi connectivity index (χ2n) is 7.55. The molecule has 1 spiro atoms. The highest BCUT2D eigenvalue weighted by Crippen LogP contribution is 2.47. The number of para-hydroxylation sites is 1. The van der Waals surface area contributed by atoms with E-state index in [0.717, 1.165) is 32.5 Å². The number of fused-ring (bicyclic) bond motifs is 2. The lowest BCUT2D eigenvalue weighted by atomic mass is 9.74. The van der Waals surface area contributed by atoms with Crippen LogP contribution in [-0.2, 0) is 5.41 Å². The summed E-state index contributed by atoms with van der Waals surface area (Å²) in [4.78, 5) is 21.3. The fourth-order valence-electron chi connectivity index (χ4n) is 4.37. The summed E-state index contributed by atoms with van der Waals surface area (Å²) in [6.07, 6.45) is 5.43. The zero-order valence-electron chi connectivity index (χ0n) is 15.0. The Morgan fingerprint density at radius 1 is 1.12 bits per heavy atom. The average molecular weight is 335 g/mol. The molecule has 4 heteroatoms. The number of nitrogens with zero attached hydrogens (tertiary/aromatic N) is 3. The zero-order valence-corrected chi connectivity index (χ0v) is 15.0. The summed E-state index contributed by atoms with van der Waals surface area (Å²) < 4.78 is 0. The number of likely N-dealkylation sites (tertiary alicyclic amines) is 1. The first-order chi connectivity index (χ1) is 12.1. The summed E-state index contributed by atoms with van der Waals surface area (Å²) >= 11 is 0. The van der Waals surface area contributed by atoms with Gasteiger partial charge in [0.05, 0.1) is 5.56 Å². The fourth-order valence-corrected chi connectivity index (χ4v) is 4.37. The van der Waals surface area contributed by atoms with Crippen LogP contribution in [0, 0.1) is 0 Å². The first-order valence-electron chi connectivity index (χ1n) is 9.16. The van der Waals surface area contributed by atoms with Crippen LogP contribution in [0.2, 0.25) is 0 Å². The Kier molecular flexibility index (Phi) is 3.98. The molecular formula is C21H25N3O. The fraction of sp³-hybridized carbons (Fsp3) is 0.429. The molecule has 1 amide bonds. The summed E-state index contributed by atoms with van der Waals surface area (Å²) in [7, 11) is 0. The molecule has 1 aromatic heterocycles. The number of hydrogen-bond acceptors (Lipinski definition) is 3. The van der Waals surface area contributed by atoms with E-state index < -0.39 is 0 Å². The molecule has 4 rings (SSSR count). The van der Waals surface area contributed by atoms with Crippen LogP contribution in [0.25, 0.3) is 0 Å². The molecule has 1 fully saturated rings. The SMILES string of the molecule is CC(C)N1CC2(CCN(C(=O)c3cccnc3)CC2)c2ccccc21. The molecule has 2 aliphatic heterocycles. The summed E-state index contributed by atoms with van der Waals surface area (Å²) in [5.41, 5.74) is 3.72. The Morgan fingerprint density at radius 3 is 2.56 bits per heavy atom. The summed E-state index contributed by atoms with van der Waals surface area (Å²) in [6, 6.07) is 13.0. The summed E-state index contributed by atoms with van der Waals surface area (Å²) in [5.74, 6) is 0.106. The molecule has 1 aromatic carbocycles. The van der Waals surface area contributed by atoms with Gasteiger partial charge in [0.15, 0.2) is 0 Å². The molecule has 2 aromatic rings. The topological polar surface area (TPSA) is 36.4 Å². The normalized spacial score (nSPS) is 18.7. The van der Waals surface area contributed by atoms with E-state index in [4.69, 9.17) is 0 Å². The van der Waals surface area contributed by atoms with Crippen LogP contribution >= 0.6 is 0 Å². The van der Waals surface area contributed by atoms with Gasteiger partial charge in [0.2, 0.25) is 0 Å². The van der Waals surface area contributed by atoms with E-state index in [-0.39, 0.29) is 11.3 Å². The molecule has 1 saturated heterocycles. The molecule has 25 heavy (non-hydrogen) atoms. The maximum atomic E-state index is 12.7. The van der Waals surface area contributed by atoms with E-state index in [1.807, 2.05) is 17.0 Å². The highest BCUT2D eigenvalue weighted by Gasteiger charge is 2.45. The van der Waals surface area contributed by atoms with Crippen molar-refractivity contribution in [2.45, 2.75) is 38.1 Å². The Morgan fingerprint density at radius 2 is 1.88 bits per heavy atom. The lowest BCUT2D eigenvalue weighted by Crippen LogP contribution is -2.47. The standard InChI is InChI=1S/C21H25N3O/c1-16(2)24-15-21(18-7-3-4-8-19(18)24)9-12-23(13-10-21)20(25)17-6-5-11-22-14-17/h3-8,11,14,16H,9-10,12-13,15H2,1-2H3. The van der Waals surface area contributed by atoms with Crippen molar-refractivity contribution in [1.82, 2.24) is 9.88 Å². The molecule has 0 N–H and O–H groups in total. The van der Waals surface area contributed by atoms with Gasteiger partial charge in [0.1, 0.15) is 0 Å². The minimum atomic E-state index is 0.106. The Bertz CT molecular complexity index is 764. The van der Waals surface area contributed by atoms with Gasteiger partial charge >= 0.3 is 0 Å². The van der Waals surface area contributed by atoms with Gasteiger partial charge in [-0.1, -0.05) is 18.2 Å². The molecular weight excluding hydrogens is 310 g/mol. The first-order valence-corrected chi connectivity index (χ1v) is 9.16. The number of pyridine rings is 1. The van der Waals surface area contributed by atoms with Crippen LogP contribution in [0.1, 0.15) is 42.6 Å². The number of carbonyl (C=O) groups excluding carboxylic acids is 1. The molecule has 0 atom stereocenters. The van der Waals surface area contributed by atoms with E-state index in [2.05, 4.69) is 48.0 Å². The molecule has 4 nitrogen and oxygen atoms in total. The van der Waals surface area contributed by atoms with Gasteiger partial charge in [0.25, 0.3) is 5.91 Å². The molecule has 0 bridgehead atoms. The molecule has 0 aliphatic carbocycles. The van der Waals surface area contributed by atoms with Gasteiger partial charge in [-0.25, -0.2) is 0 Å². The molecule has 0 radical (unpaired) electrons. The smallest absolute Gasteiger partial charge is 0.255 e. The third-order valence-electron chi connectivity index (χ3n) is 5.80.